The summed E-state index contributed by atoms with van der Waals surface area (Å²) in [6.45, 7) is 1.89. The molecule has 0 saturated heterocycles. The van der Waals surface area contributed by atoms with Crippen molar-refractivity contribution in [2.75, 3.05) is 7.05 Å². The summed E-state index contributed by atoms with van der Waals surface area (Å²) < 4.78 is 5.26. The fourth-order valence-electron chi connectivity index (χ4n) is 2.25. The van der Waals surface area contributed by atoms with Gasteiger partial charge in [0.15, 0.2) is 5.78 Å². The van der Waals surface area contributed by atoms with E-state index in [0.717, 1.165) is 4.88 Å². The number of urea groups is 1. The van der Waals surface area contributed by atoms with Crippen LogP contribution >= 0.6 is 11.3 Å². The molecule has 142 valence electrons. The molecule has 0 spiro atoms. The Morgan fingerprint density at radius 3 is 2.33 bits per heavy atom. The predicted molar refractivity (Wildman–Crippen MR) is 100 cm³/mol. The number of imide groups is 1. The molecule has 0 aliphatic heterocycles. The number of benzene rings is 1. The molecule has 27 heavy (non-hydrogen) atoms. The Kier molecular flexibility index (Phi) is 7.25. The van der Waals surface area contributed by atoms with Crippen LogP contribution in [0.5, 0.6) is 0 Å². The van der Waals surface area contributed by atoms with Crippen LogP contribution in [-0.2, 0) is 14.3 Å². The van der Waals surface area contributed by atoms with Gasteiger partial charge in [0, 0.05) is 23.9 Å². The highest BCUT2D eigenvalue weighted by atomic mass is 32.1. The second kappa shape index (κ2) is 9.63. The first kappa shape index (κ1) is 20.3. The SMILES string of the molecule is CNC(=O)NC(=O)[C@H](OC(=O)CCC(=O)c1ccc(C)s1)c1ccccc1. The van der Waals surface area contributed by atoms with Crippen LogP contribution < -0.4 is 10.6 Å². The molecule has 2 aromatic rings. The van der Waals surface area contributed by atoms with E-state index in [1.807, 2.05) is 13.0 Å². The maximum absolute atomic E-state index is 12.3. The molecule has 1 aromatic carbocycles. The largest absolute Gasteiger partial charge is 0.447 e. The van der Waals surface area contributed by atoms with E-state index >= 15 is 0 Å². The molecule has 8 heteroatoms. The monoisotopic (exact) mass is 388 g/mol. The van der Waals surface area contributed by atoms with Crippen LogP contribution in [0.25, 0.3) is 0 Å². The number of nitrogens with one attached hydrogen (secondary N) is 2. The van der Waals surface area contributed by atoms with E-state index in [2.05, 4.69) is 10.6 Å². The van der Waals surface area contributed by atoms with Crippen molar-refractivity contribution in [1.29, 1.82) is 0 Å². The van der Waals surface area contributed by atoms with E-state index in [0.29, 0.717) is 10.4 Å². The number of amides is 3. The number of ketones is 1. The lowest BCUT2D eigenvalue weighted by atomic mass is 10.1. The van der Waals surface area contributed by atoms with Gasteiger partial charge in [-0.25, -0.2) is 4.79 Å². The first-order chi connectivity index (χ1) is 12.9. The van der Waals surface area contributed by atoms with Crippen LogP contribution in [0.1, 0.15) is 39.1 Å². The zero-order valence-electron chi connectivity index (χ0n) is 15.0. The van der Waals surface area contributed by atoms with Gasteiger partial charge in [-0.2, -0.15) is 0 Å². The molecule has 0 bridgehead atoms. The maximum atomic E-state index is 12.3. The van der Waals surface area contributed by atoms with E-state index in [1.54, 1.807) is 36.4 Å². The Morgan fingerprint density at radius 2 is 1.74 bits per heavy atom. The van der Waals surface area contributed by atoms with Gasteiger partial charge in [-0.1, -0.05) is 30.3 Å². The van der Waals surface area contributed by atoms with Gasteiger partial charge in [0.25, 0.3) is 5.91 Å². The van der Waals surface area contributed by atoms with Crippen LogP contribution in [0.3, 0.4) is 0 Å². The van der Waals surface area contributed by atoms with Gasteiger partial charge in [-0.15, -0.1) is 11.3 Å². The molecule has 2 N–H and O–H groups in total. The minimum atomic E-state index is -1.28. The molecule has 0 aliphatic carbocycles. The van der Waals surface area contributed by atoms with Crippen molar-refractivity contribution in [2.24, 2.45) is 0 Å². The lowest BCUT2D eigenvalue weighted by Gasteiger charge is -2.17. The van der Waals surface area contributed by atoms with Crippen molar-refractivity contribution in [3.63, 3.8) is 0 Å². The minimum absolute atomic E-state index is 0.0165. The summed E-state index contributed by atoms with van der Waals surface area (Å²) in [7, 11) is 1.37. The number of esters is 1. The summed E-state index contributed by atoms with van der Waals surface area (Å²) >= 11 is 1.36. The third kappa shape index (κ3) is 6.03. The van der Waals surface area contributed by atoms with Crippen molar-refractivity contribution in [1.82, 2.24) is 10.6 Å². The predicted octanol–water partition coefficient (Wildman–Crippen LogP) is 2.76. The van der Waals surface area contributed by atoms with Gasteiger partial charge in [-0.05, 0) is 19.1 Å². The third-order valence-corrected chi connectivity index (χ3v) is 4.67. The average molecular weight is 388 g/mol. The smallest absolute Gasteiger partial charge is 0.321 e. The highest BCUT2D eigenvalue weighted by molar-refractivity contribution is 7.14. The topological polar surface area (TPSA) is 102 Å². The van der Waals surface area contributed by atoms with Crippen molar-refractivity contribution in [3.05, 3.63) is 57.8 Å². The fraction of sp³-hybridized carbons (Fsp3) is 0.263. The van der Waals surface area contributed by atoms with Gasteiger partial charge in [0.2, 0.25) is 6.10 Å². The zero-order valence-corrected chi connectivity index (χ0v) is 15.8. The molecule has 2 rings (SSSR count). The van der Waals surface area contributed by atoms with Crippen LogP contribution in [0.2, 0.25) is 0 Å². The van der Waals surface area contributed by atoms with E-state index in [9.17, 15) is 19.2 Å². The molecule has 0 aliphatic rings. The Morgan fingerprint density at radius 1 is 1.04 bits per heavy atom. The molecule has 0 saturated carbocycles. The highest BCUT2D eigenvalue weighted by Gasteiger charge is 2.26. The van der Waals surface area contributed by atoms with Gasteiger partial charge >= 0.3 is 12.0 Å². The summed E-state index contributed by atoms with van der Waals surface area (Å²) in [4.78, 5) is 49.6. The van der Waals surface area contributed by atoms with Gasteiger partial charge in [0.05, 0.1) is 11.3 Å². The minimum Gasteiger partial charge on any atom is -0.447 e. The van der Waals surface area contributed by atoms with Crippen molar-refractivity contribution in [3.8, 4) is 0 Å². The van der Waals surface area contributed by atoms with Gasteiger partial charge in [-0.3, -0.25) is 19.7 Å². The standard InChI is InChI=1S/C19H20N2O5S/c1-12-8-10-15(27-12)14(22)9-11-16(23)26-17(13-6-4-3-5-7-13)18(24)21-19(25)20-2/h3-8,10,17H,9,11H2,1-2H3,(H2,20,21,24,25)/t17-/m1/s1. The van der Waals surface area contributed by atoms with E-state index < -0.39 is 24.0 Å². The fourth-order valence-corrected chi connectivity index (χ4v) is 3.09. The lowest BCUT2D eigenvalue weighted by molar-refractivity contribution is -0.156. The number of carbonyl (C=O) groups is 4. The number of hydrogen-bond donors (Lipinski definition) is 2. The first-order valence-electron chi connectivity index (χ1n) is 8.27. The molecule has 1 atom stereocenters. The number of Topliss-reactive ketones (excluding diaryl/α,β-unsaturated/α-hetero) is 1. The number of thiophene rings is 1. The summed E-state index contributed by atoms with van der Waals surface area (Å²) in [5.74, 6) is -1.62. The summed E-state index contributed by atoms with van der Waals surface area (Å²) in [5.41, 5.74) is 0.424. The average Bonchev–Trinajstić information content (AvgIpc) is 3.11. The quantitative estimate of drug-likeness (QED) is 0.561. The number of ether oxygens (including phenoxy) is 1. The van der Waals surface area contributed by atoms with Crippen LogP contribution in [0.4, 0.5) is 4.79 Å². The van der Waals surface area contributed by atoms with Crippen molar-refractivity contribution < 1.29 is 23.9 Å². The van der Waals surface area contributed by atoms with Gasteiger partial charge in [0.1, 0.15) is 0 Å². The Labute approximate surface area is 160 Å². The Bertz CT molecular complexity index is 832. The Hall–Kier alpha value is -3.00. The number of hydrogen-bond acceptors (Lipinski definition) is 6. The highest BCUT2D eigenvalue weighted by Crippen LogP contribution is 2.20. The molecule has 1 aromatic heterocycles. The summed E-state index contributed by atoms with van der Waals surface area (Å²) in [6, 6.07) is 11.2. The lowest BCUT2D eigenvalue weighted by Crippen LogP contribution is -2.41. The van der Waals surface area contributed by atoms with E-state index in [1.165, 1.54) is 18.4 Å². The van der Waals surface area contributed by atoms with E-state index in [4.69, 9.17) is 4.74 Å². The normalized spacial score (nSPS) is 11.3. The molecular weight excluding hydrogens is 368 g/mol. The zero-order chi connectivity index (χ0) is 19.8. The molecule has 0 radical (unpaired) electrons. The van der Waals surface area contributed by atoms with Crippen LogP contribution in [-0.4, -0.2) is 30.7 Å². The van der Waals surface area contributed by atoms with Crippen LogP contribution in [0, 0.1) is 6.92 Å². The molecular formula is C19H20N2O5S. The summed E-state index contributed by atoms with van der Waals surface area (Å²) in [5, 5.41) is 4.36. The van der Waals surface area contributed by atoms with Crippen LogP contribution in [0.15, 0.2) is 42.5 Å². The second-order valence-corrected chi connectivity index (χ2v) is 6.97. The molecule has 7 nitrogen and oxygen atoms in total. The Balaban J connectivity index is 2.01. The third-order valence-electron chi connectivity index (χ3n) is 3.62. The number of aryl methyl sites for hydroxylation is 1. The first-order valence-corrected chi connectivity index (χ1v) is 9.09. The number of carbonyl (C=O) groups excluding carboxylic acids is 4. The molecule has 3 amide bonds. The second-order valence-electron chi connectivity index (χ2n) is 5.68. The van der Waals surface area contributed by atoms with Crippen molar-refractivity contribution in [2.45, 2.75) is 25.9 Å². The van der Waals surface area contributed by atoms with Crippen molar-refractivity contribution >= 4 is 35.0 Å². The maximum Gasteiger partial charge on any atom is 0.321 e. The number of rotatable bonds is 7. The molecule has 0 fully saturated rings. The van der Waals surface area contributed by atoms with E-state index in [-0.39, 0.29) is 18.6 Å². The van der Waals surface area contributed by atoms with Gasteiger partial charge < -0.3 is 10.1 Å². The molecule has 1 heterocycles. The molecule has 0 unspecified atom stereocenters. The summed E-state index contributed by atoms with van der Waals surface area (Å²) in [6.07, 6.45) is -1.46.